The van der Waals surface area contributed by atoms with Crippen molar-refractivity contribution in [3.8, 4) is 0 Å². The molecule has 1 aromatic heterocycles. The molecule has 3 rings (SSSR count). The number of furan rings is 1. The summed E-state index contributed by atoms with van der Waals surface area (Å²) in [5.74, 6) is -0.0642. The van der Waals surface area contributed by atoms with E-state index in [1.54, 1.807) is 30.0 Å². The van der Waals surface area contributed by atoms with Gasteiger partial charge in [-0.25, -0.2) is 4.39 Å². The Bertz CT molecular complexity index is 751. The molecule has 0 aliphatic carbocycles. The van der Waals surface area contributed by atoms with Crippen LogP contribution in [0.5, 0.6) is 0 Å². The average molecular weight is 288 g/mol. The molecule has 2 aromatic carbocycles. The van der Waals surface area contributed by atoms with E-state index in [9.17, 15) is 9.50 Å². The lowest BCUT2D eigenvalue weighted by atomic mass is 10.1. The van der Waals surface area contributed by atoms with Crippen molar-refractivity contribution in [1.29, 1.82) is 0 Å². The molecule has 1 atom stereocenters. The number of thioether (sulfide) groups is 1. The van der Waals surface area contributed by atoms with E-state index in [1.807, 2.05) is 30.5 Å². The number of rotatable bonds is 3. The molecule has 0 amide bonds. The van der Waals surface area contributed by atoms with Crippen molar-refractivity contribution in [1.82, 2.24) is 0 Å². The number of para-hydroxylation sites is 1. The highest BCUT2D eigenvalue weighted by Crippen LogP contribution is 2.33. The van der Waals surface area contributed by atoms with Crippen LogP contribution in [-0.2, 0) is 0 Å². The minimum atomic E-state index is -0.898. The van der Waals surface area contributed by atoms with Crippen LogP contribution in [0.2, 0.25) is 0 Å². The maximum absolute atomic E-state index is 13.6. The minimum absolute atomic E-state index is 0.184. The second-order valence-corrected chi connectivity index (χ2v) is 5.30. The van der Waals surface area contributed by atoms with Gasteiger partial charge in [-0.2, -0.15) is 0 Å². The third-order valence-electron chi connectivity index (χ3n) is 3.22. The van der Waals surface area contributed by atoms with E-state index in [-0.39, 0.29) is 5.58 Å². The van der Waals surface area contributed by atoms with Crippen LogP contribution in [-0.4, -0.2) is 11.4 Å². The Morgan fingerprint density at radius 1 is 1.15 bits per heavy atom. The van der Waals surface area contributed by atoms with Gasteiger partial charge in [0.15, 0.2) is 11.4 Å². The first kappa shape index (κ1) is 13.2. The van der Waals surface area contributed by atoms with E-state index in [4.69, 9.17) is 4.42 Å². The summed E-state index contributed by atoms with van der Waals surface area (Å²) in [5.41, 5.74) is 0.947. The van der Waals surface area contributed by atoms with Crippen LogP contribution >= 0.6 is 11.8 Å². The lowest BCUT2D eigenvalue weighted by Crippen LogP contribution is -1.99. The van der Waals surface area contributed by atoms with Crippen molar-refractivity contribution in [3.63, 3.8) is 0 Å². The van der Waals surface area contributed by atoms with Crippen molar-refractivity contribution in [3.05, 3.63) is 65.7 Å². The molecule has 102 valence electrons. The summed E-state index contributed by atoms with van der Waals surface area (Å²) in [6.45, 7) is 0. The highest BCUT2D eigenvalue weighted by molar-refractivity contribution is 7.98. The highest BCUT2D eigenvalue weighted by Gasteiger charge is 2.19. The zero-order valence-corrected chi connectivity index (χ0v) is 11.7. The summed E-state index contributed by atoms with van der Waals surface area (Å²) in [7, 11) is 0. The summed E-state index contributed by atoms with van der Waals surface area (Å²) in [6.07, 6.45) is 1.05. The topological polar surface area (TPSA) is 33.4 Å². The fourth-order valence-electron chi connectivity index (χ4n) is 2.23. The third-order valence-corrected chi connectivity index (χ3v) is 4.03. The molecule has 0 fully saturated rings. The van der Waals surface area contributed by atoms with E-state index < -0.39 is 11.9 Å². The lowest BCUT2D eigenvalue weighted by Gasteiger charge is -2.11. The van der Waals surface area contributed by atoms with Gasteiger partial charge < -0.3 is 9.52 Å². The van der Waals surface area contributed by atoms with Crippen molar-refractivity contribution < 1.29 is 13.9 Å². The number of halogens is 1. The molecular formula is C16H13FO2S. The molecule has 0 saturated heterocycles. The van der Waals surface area contributed by atoms with Gasteiger partial charge in [-0.05, 0) is 24.5 Å². The van der Waals surface area contributed by atoms with Gasteiger partial charge in [-0.3, -0.25) is 0 Å². The van der Waals surface area contributed by atoms with Crippen LogP contribution < -0.4 is 0 Å². The first-order valence-electron chi connectivity index (χ1n) is 6.19. The summed E-state index contributed by atoms with van der Waals surface area (Å²) in [6, 6.07) is 14.0. The molecule has 3 aromatic rings. The van der Waals surface area contributed by atoms with Crippen molar-refractivity contribution in [2.75, 3.05) is 6.26 Å². The van der Waals surface area contributed by atoms with Gasteiger partial charge in [-0.15, -0.1) is 11.8 Å². The second-order valence-electron chi connectivity index (χ2n) is 4.45. The Labute approximate surface area is 120 Å². The largest absolute Gasteiger partial charge is 0.455 e. The van der Waals surface area contributed by atoms with Gasteiger partial charge in [-0.1, -0.05) is 30.3 Å². The normalized spacial score (nSPS) is 12.8. The van der Waals surface area contributed by atoms with Crippen LogP contribution in [0.15, 0.2) is 57.8 Å². The Balaban J connectivity index is 2.08. The van der Waals surface area contributed by atoms with Gasteiger partial charge in [0.25, 0.3) is 0 Å². The Morgan fingerprint density at radius 3 is 2.70 bits per heavy atom. The number of aliphatic hydroxyl groups is 1. The average Bonchev–Trinajstić information content (AvgIpc) is 2.92. The predicted octanol–water partition coefficient (Wildman–Crippen LogP) is 4.38. The summed E-state index contributed by atoms with van der Waals surface area (Å²) >= 11 is 1.55. The van der Waals surface area contributed by atoms with Gasteiger partial charge in [0.1, 0.15) is 11.9 Å². The fourth-order valence-corrected chi connectivity index (χ4v) is 2.86. The lowest BCUT2D eigenvalue weighted by molar-refractivity contribution is 0.189. The second kappa shape index (κ2) is 5.31. The molecule has 0 aliphatic heterocycles. The molecule has 4 heteroatoms. The number of benzene rings is 2. The summed E-state index contributed by atoms with van der Waals surface area (Å²) in [5, 5.41) is 11.1. The van der Waals surface area contributed by atoms with Gasteiger partial charge in [0.05, 0.1) is 0 Å². The first-order chi connectivity index (χ1) is 9.70. The molecular weight excluding hydrogens is 275 g/mol. The number of hydrogen-bond acceptors (Lipinski definition) is 3. The maximum atomic E-state index is 13.6. The predicted molar refractivity (Wildman–Crippen MR) is 78.5 cm³/mol. The number of fused-ring (bicyclic) bond motifs is 1. The molecule has 0 saturated carbocycles. The van der Waals surface area contributed by atoms with Gasteiger partial charge in [0, 0.05) is 15.8 Å². The van der Waals surface area contributed by atoms with Crippen molar-refractivity contribution in [2.45, 2.75) is 11.0 Å². The van der Waals surface area contributed by atoms with E-state index in [0.717, 1.165) is 10.5 Å². The van der Waals surface area contributed by atoms with Crippen molar-refractivity contribution >= 4 is 22.7 Å². The smallest absolute Gasteiger partial charge is 0.170 e. The Morgan fingerprint density at radius 2 is 1.95 bits per heavy atom. The number of aliphatic hydroxyl groups excluding tert-OH is 1. The quantitative estimate of drug-likeness (QED) is 0.726. The van der Waals surface area contributed by atoms with E-state index in [0.29, 0.717) is 11.1 Å². The molecule has 0 radical (unpaired) electrons. The monoisotopic (exact) mass is 288 g/mol. The SMILES string of the molecule is CSc1ccccc1C(O)c1cc2cccc(F)c2o1. The van der Waals surface area contributed by atoms with Crippen molar-refractivity contribution in [2.24, 2.45) is 0 Å². The minimum Gasteiger partial charge on any atom is -0.455 e. The molecule has 1 N–H and O–H groups in total. The maximum Gasteiger partial charge on any atom is 0.170 e. The zero-order valence-electron chi connectivity index (χ0n) is 10.8. The molecule has 1 heterocycles. The van der Waals surface area contributed by atoms with Crippen LogP contribution in [0.25, 0.3) is 11.0 Å². The third kappa shape index (κ3) is 2.21. The fraction of sp³-hybridized carbons (Fsp3) is 0.125. The molecule has 20 heavy (non-hydrogen) atoms. The standard InChI is InChI=1S/C16H13FO2S/c1-20-14-8-3-2-6-11(14)15(18)13-9-10-5-4-7-12(17)16(10)19-13/h2-9,15,18H,1H3. The number of hydrogen-bond donors (Lipinski definition) is 1. The van der Waals surface area contributed by atoms with E-state index in [1.165, 1.54) is 6.07 Å². The van der Waals surface area contributed by atoms with Crippen LogP contribution in [0.3, 0.4) is 0 Å². The van der Waals surface area contributed by atoms with Crippen LogP contribution in [0.4, 0.5) is 4.39 Å². The first-order valence-corrected chi connectivity index (χ1v) is 7.42. The highest BCUT2D eigenvalue weighted by atomic mass is 32.2. The molecule has 0 spiro atoms. The van der Waals surface area contributed by atoms with E-state index in [2.05, 4.69) is 0 Å². The molecule has 0 aliphatic rings. The van der Waals surface area contributed by atoms with Crippen LogP contribution in [0, 0.1) is 5.82 Å². The Kier molecular flexibility index (Phi) is 3.51. The van der Waals surface area contributed by atoms with Crippen LogP contribution in [0.1, 0.15) is 17.4 Å². The Hall–Kier alpha value is -1.78. The summed E-state index contributed by atoms with van der Waals surface area (Å²) < 4.78 is 19.1. The molecule has 0 bridgehead atoms. The summed E-state index contributed by atoms with van der Waals surface area (Å²) in [4.78, 5) is 0.973. The van der Waals surface area contributed by atoms with Gasteiger partial charge >= 0.3 is 0 Å². The van der Waals surface area contributed by atoms with E-state index >= 15 is 0 Å². The molecule has 1 unspecified atom stereocenters. The zero-order chi connectivity index (χ0) is 14.1. The van der Waals surface area contributed by atoms with Gasteiger partial charge in [0.2, 0.25) is 0 Å². The molecule has 2 nitrogen and oxygen atoms in total.